The summed E-state index contributed by atoms with van der Waals surface area (Å²) >= 11 is 0. The van der Waals surface area contributed by atoms with E-state index in [1.807, 2.05) is 11.6 Å². The molecule has 0 saturated carbocycles. The third-order valence-electron chi connectivity index (χ3n) is 6.85. The van der Waals surface area contributed by atoms with Crippen LogP contribution in [0.15, 0.2) is 156 Å². The van der Waals surface area contributed by atoms with Crippen LogP contribution in [-0.2, 0) is 0 Å². The van der Waals surface area contributed by atoms with Crippen LogP contribution in [0.2, 0.25) is 0 Å². The van der Waals surface area contributed by atoms with E-state index in [-0.39, 0.29) is 17.2 Å². The first-order chi connectivity index (χ1) is 25.0. The molecule has 0 fully saturated rings. The SMILES string of the molecule is N#CP1(C#N)=NPN(Oc2ccccc2)P(Oc2ccccc2)N(Oc2ccccc2)P(C#N)(C#N)(Oc2ccccc2)N1Oc1ccccc1. The monoisotopic (exact) mass is 750 g/mol. The van der Waals surface area contributed by atoms with Gasteiger partial charge in [0.05, 0.1) is 0 Å². The number of rotatable bonds is 10. The average molecular weight is 751 g/mol. The topological polar surface area (TPSA) is 163 Å². The molecule has 2 unspecified atom stereocenters. The van der Waals surface area contributed by atoms with E-state index in [1.54, 1.807) is 140 Å². The van der Waals surface area contributed by atoms with Gasteiger partial charge in [-0.25, -0.2) is 0 Å². The molecule has 17 heteroatoms. The van der Waals surface area contributed by atoms with Crippen molar-refractivity contribution < 1.29 is 23.6 Å². The van der Waals surface area contributed by atoms with Crippen LogP contribution < -0.4 is 23.6 Å². The summed E-state index contributed by atoms with van der Waals surface area (Å²) in [5.41, 5.74) is 0. The van der Waals surface area contributed by atoms with Gasteiger partial charge in [-0.3, -0.25) is 0 Å². The molecule has 0 amide bonds. The average Bonchev–Trinajstić information content (AvgIpc) is 3.20. The van der Waals surface area contributed by atoms with Crippen LogP contribution in [0.5, 0.6) is 28.7 Å². The van der Waals surface area contributed by atoms with E-state index < -0.39 is 31.7 Å². The second-order valence-electron chi connectivity index (χ2n) is 10.2. The fourth-order valence-electron chi connectivity index (χ4n) is 4.49. The van der Waals surface area contributed by atoms with E-state index >= 15 is 0 Å². The molecular formula is C34H26N8O5P4. The Hall–Kier alpha value is -5.54. The second kappa shape index (κ2) is 15.6. The van der Waals surface area contributed by atoms with Crippen LogP contribution in [0.4, 0.5) is 0 Å². The van der Waals surface area contributed by atoms with Crippen molar-refractivity contribution in [2.24, 2.45) is 4.52 Å². The van der Waals surface area contributed by atoms with Crippen molar-refractivity contribution in [1.82, 2.24) is 13.8 Å². The van der Waals surface area contributed by atoms with Gasteiger partial charge in [0, 0.05) is 0 Å². The molecule has 0 aliphatic carbocycles. The summed E-state index contributed by atoms with van der Waals surface area (Å²) in [6, 6.07) is 41.8. The Labute approximate surface area is 297 Å². The number of nitrogens with zero attached hydrogens (tertiary/aromatic N) is 8. The number of nitriles is 4. The Morgan fingerprint density at radius 1 is 0.549 bits per heavy atom. The van der Waals surface area contributed by atoms with E-state index in [9.17, 15) is 21.0 Å². The van der Waals surface area contributed by atoms with Crippen LogP contribution in [-0.4, -0.2) is 13.8 Å². The first kappa shape index (κ1) is 35.3. The molecule has 0 spiro atoms. The van der Waals surface area contributed by atoms with Gasteiger partial charge in [-0.05, 0) is 0 Å². The standard InChI is InChI=1S/C34H26N8O5P4/c35-26-50(27-36)39-48-40(43-30-16-6-1-7-17-30)49(46-33-22-12-4-13-23-33)41(44-31-18-8-2-9-19-31)51(28-37,29-38,47-34-24-14-5-15-25-34)42(50)45-32-20-10-3-11-21-32/h1-25,48H. The summed E-state index contributed by atoms with van der Waals surface area (Å²) in [5, 5.41) is 45.3. The zero-order valence-electron chi connectivity index (χ0n) is 26.4. The number of hydrogen-bond donors (Lipinski definition) is 0. The maximum atomic E-state index is 11.7. The molecule has 5 aromatic carbocycles. The molecule has 0 bridgehead atoms. The summed E-state index contributed by atoms with van der Waals surface area (Å²) < 4.78 is 21.0. The van der Waals surface area contributed by atoms with Gasteiger partial charge in [-0.2, -0.15) is 0 Å². The molecule has 0 radical (unpaired) electrons. The van der Waals surface area contributed by atoms with Gasteiger partial charge in [0.1, 0.15) is 0 Å². The van der Waals surface area contributed by atoms with Crippen molar-refractivity contribution >= 4 is 31.7 Å². The summed E-state index contributed by atoms with van der Waals surface area (Å²) in [5.74, 6) is 9.22. The molecule has 0 N–H and O–H groups in total. The van der Waals surface area contributed by atoms with E-state index in [0.29, 0.717) is 11.5 Å². The second-order valence-corrected chi connectivity index (χ2v) is 19.2. The number of para-hydroxylation sites is 5. The first-order valence-corrected chi connectivity index (χ1v) is 20.7. The number of benzene rings is 5. The molecule has 1 aliphatic heterocycles. The van der Waals surface area contributed by atoms with E-state index in [4.69, 9.17) is 23.6 Å². The predicted octanol–water partition coefficient (Wildman–Crippen LogP) is 10.1. The molecule has 5 aromatic rings. The number of hydrogen-bond acceptors (Lipinski definition) is 13. The fourth-order valence-corrected chi connectivity index (χ4v) is 15.7. The minimum absolute atomic E-state index is 0.0313. The van der Waals surface area contributed by atoms with Crippen LogP contribution in [0, 0.1) is 44.3 Å². The molecular weight excluding hydrogens is 724 g/mol. The molecule has 6 rings (SSSR count). The van der Waals surface area contributed by atoms with Crippen molar-refractivity contribution in [2.75, 3.05) is 0 Å². The zero-order chi connectivity index (χ0) is 35.6. The molecule has 51 heavy (non-hydrogen) atoms. The summed E-state index contributed by atoms with van der Waals surface area (Å²) in [4.78, 5) is 19.4. The van der Waals surface area contributed by atoms with Gasteiger partial charge >= 0.3 is 298 Å². The Morgan fingerprint density at radius 2 is 0.961 bits per heavy atom. The summed E-state index contributed by atoms with van der Waals surface area (Å²) in [6.07, 6.45) is 0. The minimum atomic E-state index is -6.10. The van der Waals surface area contributed by atoms with Gasteiger partial charge < -0.3 is 0 Å². The quantitative estimate of drug-likeness (QED) is 0.124. The molecule has 0 aromatic heterocycles. The van der Waals surface area contributed by atoms with Gasteiger partial charge in [-0.15, -0.1) is 0 Å². The van der Waals surface area contributed by atoms with Gasteiger partial charge in [0.15, 0.2) is 0 Å². The molecule has 0 saturated heterocycles. The van der Waals surface area contributed by atoms with E-state index in [0.717, 1.165) is 9.21 Å². The normalized spacial score (nSPS) is 19.2. The van der Waals surface area contributed by atoms with Crippen molar-refractivity contribution in [3.8, 4) is 52.0 Å². The third-order valence-corrected chi connectivity index (χ3v) is 17.6. The van der Waals surface area contributed by atoms with Crippen LogP contribution in [0.25, 0.3) is 0 Å². The van der Waals surface area contributed by atoms with E-state index in [2.05, 4.69) is 16.1 Å². The van der Waals surface area contributed by atoms with Crippen LogP contribution >= 0.6 is 31.7 Å². The van der Waals surface area contributed by atoms with Gasteiger partial charge in [0.25, 0.3) is 0 Å². The molecule has 2 atom stereocenters. The van der Waals surface area contributed by atoms with E-state index in [1.165, 1.54) is 16.7 Å². The Kier molecular flexibility index (Phi) is 10.8. The summed E-state index contributed by atoms with van der Waals surface area (Å²) in [6.45, 7) is 0. The Morgan fingerprint density at radius 3 is 1.41 bits per heavy atom. The van der Waals surface area contributed by atoms with Crippen molar-refractivity contribution in [2.45, 2.75) is 0 Å². The Balaban J connectivity index is 1.74. The maximum absolute atomic E-state index is 11.7. The summed E-state index contributed by atoms with van der Waals surface area (Å²) in [7, 11) is -14.0. The van der Waals surface area contributed by atoms with Crippen LogP contribution in [0.3, 0.4) is 0 Å². The third kappa shape index (κ3) is 7.07. The fraction of sp³-hybridized carbons (Fsp3) is 0. The van der Waals surface area contributed by atoms with Crippen molar-refractivity contribution in [3.05, 3.63) is 152 Å². The molecule has 1 aliphatic rings. The molecule has 252 valence electrons. The predicted molar refractivity (Wildman–Crippen MR) is 195 cm³/mol. The van der Waals surface area contributed by atoms with Crippen molar-refractivity contribution in [3.63, 3.8) is 0 Å². The zero-order valence-corrected chi connectivity index (χ0v) is 30.1. The van der Waals surface area contributed by atoms with Gasteiger partial charge in [-0.1, -0.05) is 0 Å². The van der Waals surface area contributed by atoms with Gasteiger partial charge in [0.2, 0.25) is 0 Å². The first-order valence-electron chi connectivity index (χ1n) is 14.9. The molecule has 13 nitrogen and oxygen atoms in total. The van der Waals surface area contributed by atoms with Crippen LogP contribution in [0.1, 0.15) is 0 Å². The van der Waals surface area contributed by atoms with Crippen molar-refractivity contribution in [1.29, 1.82) is 21.0 Å². The Bertz CT molecular complexity index is 2150. The molecule has 1 heterocycles.